The van der Waals surface area contributed by atoms with E-state index in [-0.39, 0.29) is 5.56 Å². The zero-order valence-electron chi connectivity index (χ0n) is 8.60. The van der Waals surface area contributed by atoms with Gasteiger partial charge in [0.25, 0.3) is 0 Å². The fraction of sp³-hybridized carbons (Fsp3) is 0.300. The molecular weight excluding hydrogens is 236 g/mol. The Morgan fingerprint density at radius 1 is 1.35 bits per heavy atom. The van der Waals surface area contributed by atoms with E-state index in [1.54, 1.807) is 0 Å². The summed E-state index contributed by atoms with van der Waals surface area (Å²) in [5, 5.41) is 27.9. The molecule has 2 unspecified atom stereocenters. The number of aromatic hydroxyl groups is 1. The van der Waals surface area contributed by atoms with E-state index in [0.717, 1.165) is 6.07 Å². The summed E-state index contributed by atoms with van der Waals surface area (Å²) < 4.78 is 25.6. The lowest BCUT2D eigenvalue weighted by molar-refractivity contribution is -0.121. The molecule has 0 radical (unpaired) electrons. The van der Waals surface area contributed by atoms with Gasteiger partial charge in [-0.2, -0.15) is 4.39 Å². The number of carbonyl (C=O) groups excluding carboxylic acids is 1. The summed E-state index contributed by atoms with van der Waals surface area (Å²) in [6.45, 7) is 0. The first-order valence-electron chi connectivity index (χ1n) is 4.65. The minimum Gasteiger partial charge on any atom is -0.505 e. The first-order chi connectivity index (χ1) is 7.82. The zero-order chi connectivity index (χ0) is 13.2. The van der Waals surface area contributed by atoms with E-state index in [1.807, 2.05) is 0 Å². The van der Waals surface area contributed by atoms with Crippen LogP contribution in [0.4, 0.5) is 8.78 Å². The Kier molecular flexibility index (Phi) is 3.97. The van der Waals surface area contributed by atoms with E-state index < -0.39 is 41.9 Å². The minimum atomic E-state index is -1.65. The highest BCUT2D eigenvalue weighted by Crippen LogP contribution is 2.26. The van der Waals surface area contributed by atoms with Crippen LogP contribution in [0.15, 0.2) is 12.1 Å². The Hall–Kier alpha value is -1.73. The van der Waals surface area contributed by atoms with Crippen LogP contribution in [0.3, 0.4) is 0 Å². The number of hydrogen-bond donors (Lipinski definition) is 4. The fourth-order valence-electron chi connectivity index (χ4n) is 1.31. The molecule has 7 heteroatoms. The number of phenols is 1. The van der Waals surface area contributed by atoms with Gasteiger partial charge in [0, 0.05) is 0 Å². The average Bonchev–Trinajstić information content (AvgIpc) is 2.23. The van der Waals surface area contributed by atoms with Crippen molar-refractivity contribution in [3.63, 3.8) is 0 Å². The molecule has 0 aromatic heterocycles. The summed E-state index contributed by atoms with van der Waals surface area (Å²) in [4.78, 5) is 10.5. The van der Waals surface area contributed by atoms with E-state index in [9.17, 15) is 23.8 Å². The van der Waals surface area contributed by atoms with Gasteiger partial charge in [0.1, 0.15) is 6.10 Å². The number of primary amides is 1. The molecule has 0 saturated carbocycles. The number of rotatable bonds is 4. The highest BCUT2D eigenvalue weighted by molar-refractivity contribution is 5.74. The molecule has 0 saturated heterocycles. The first kappa shape index (κ1) is 13.3. The van der Waals surface area contributed by atoms with Crippen LogP contribution >= 0.6 is 0 Å². The molecule has 0 bridgehead atoms. The van der Waals surface area contributed by atoms with E-state index in [0.29, 0.717) is 6.07 Å². The molecule has 0 aliphatic heterocycles. The summed E-state index contributed by atoms with van der Waals surface area (Å²) in [6, 6.07) is 1.37. The van der Waals surface area contributed by atoms with Crippen LogP contribution in [-0.4, -0.2) is 27.3 Å². The van der Waals surface area contributed by atoms with Crippen LogP contribution in [-0.2, 0) is 4.79 Å². The predicted octanol–water partition coefficient (Wildman–Crippen LogP) is -0.0599. The van der Waals surface area contributed by atoms with Crippen molar-refractivity contribution >= 4 is 5.91 Å². The van der Waals surface area contributed by atoms with Crippen molar-refractivity contribution in [2.75, 3.05) is 0 Å². The number of halogens is 2. The monoisotopic (exact) mass is 247 g/mol. The number of aliphatic hydroxyl groups excluding tert-OH is 2. The van der Waals surface area contributed by atoms with Gasteiger partial charge in [-0.3, -0.25) is 4.79 Å². The van der Waals surface area contributed by atoms with Crippen LogP contribution in [0, 0.1) is 11.6 Å². The molecule has 1 rings (SSSR count). The predicted molar refractivity (Wildman–Crippen MR) is 52.8 cm³/mol. The molecule has 94 valence electrons. The third-order valence-corrected chi connectivity index (χ3v) is 2.15. The maximum atomic E-state index is 12.9. The van der Waals surface area contributed by atoms with Gasteiger partial charge < -0.3 is 21.1 Å². The highest BCUT2D eigenvalue weighted by atomic mass is 19.2. The first-order valence-corrected chi connectivity index (χ1v) is 4.65. The smallest absolute Gasteiger partial charge is 0.220 e. The second-order valence-electron chi connectivity index (χ2n) is 3.52. The standard InChI is InChI=1S/C10H11F2NO4/c11-5-1-4(2-6(14)9(5)12)10(17)7(15)3-8(13)16/h1-2,7,10,14-15,17H,3H2,(H2,13,16). The molecule has 5 nitrogen and oxygen atoms in total. The van der Waals surface area contributed by atoms with Gasteiger partial charge in [0.2, 0.25) is 5.91 Å². The molecule has 1 aromatic carbocycles. The Morgan fingerprint density at radius 3 is 2.41 bits per heavy atom. The highest BCUT2D eigenvalue weighted by Gasteiger charge is 2.23. The second-order valence-corrected chi connectivity index (χ2v) is 3.52. The maximum absolute atomic E-state index is 12.9. The molecule has 0 heterocycles. The van der Waals surface area contributed by atoms with Gasteiger partial charge in [-0.25, -0.2) is 4.39 Å². The fourth-order valence-corrected chi connectivity index (χ4v) is 1.31. The van der Waals surface area contributed by atoms with Crippen LogP contribution < -0.4 is 5.73 Å². The number of hydrogen-bond acceptors (Lipinski definition) is 4. The second kappa shape index (κ2) is 5.07. The summed E-state index contributed by atoms with van der Waals surface area (Å²) >= 11 is 0. The molecular formula is C10H11F2NO4. The van der Waals surface area contributed by atoms with Gasteiger partial charge >= 0.3 is 0 Å². The van der Waals surface area contributed by atoms with Gasteiger partial charge in [0.05, 0.1) is 12.5 Å². The third kappa shape index (κ3) is 3.11. The van der Waals surface area contributed by atoms with Crippen molar-refractivity contribution in [2.24, 2.45) is 5.73 Å². The van der Waals surface area contributed by atoms with Crippen molar-refractivity contribution in [1.82, 2.24) is 0 Å². The molecule has 0 aliphatic rings. The normalized spacial score (nSPS) is 14.4. The lowest BCUT2D eigenvalue weighted by atomic mass is 10.0. The van der Waals surface area contributed by atoms with E-state index in [4.69, 9.17) is 10.8 Å². The number of benzene rings is 1. The van der Waals surface area contributed by atoms with Gasteiger partial charge in [-0.05, 0) is 17.7 Å². The maximum Gasteiger partial charge on any atom is 0.220 e. The molecule has 5 N–H and O–H groups in total. The molecule has 0 fully saturated rings. The summed E-state index contributed by atoms with van der Waals surface area (Å²) in [6.07, 6.45) is -3.75. The third-order valence-electron chi connectivity index (χ3n) is 2.15. The van der Waals surface area contributed by atoms with Gasteiger partial charge in [0.15, 0.2) is 17.4 Å². The van der Waals surface area contributed by atoms with Crippen molar-refractivity contribution < 1.29 is 28.9 Å². The van der Waals surface area contributed by atoms with Crippen molar-refractivity contribution in [3.8, 4) is 5.75 Å². The van der Waals surface area contributed by atoms with Crippen molar-refractivity contribution in [2.45, 2.75) is 18.6 Å². The van der Waals surface area contributed by atoms with E-state index in [1.165, 1.54) is 0 Å². The summed E-state index contributed by atoms with van der Waals surface area (Å²) in [5.74, 6) is -4.68. The van der Waals surface area contributed by atoms with Crippen molar-refractivity contribution in [3.05, 3.63) is 29.3 Å². The molecule has 1 amide bonds. The summed E-state index contributed by atoms with van der Waals surface area (Å²) in [5.41, 5.74) is 4.55. The molecule has 0 aliphatic carbocycles. The SMILES string of the molecule is NC(=O)CC(O)C(O)c1cc(O)c(F)c(F)c1. The average molecular weight is 247 g/mol. The lowest BCUT2D eigenvalue weighted by Crippen LogP contribution is -2.25. The topological polar surface area (TPSA) is 104 Å². The van der Waals surface area contributed by atoms with Gasteiger partial charge in [-0.1, -0.05) is 0 Å². The van der Waals surface area contributed by atoms with Crippen LogP contribution in [0.25, 0.3) is 0 Å². The molecule has 17 heavy (non-hydrogen) atoms. The zero-order valence-corrected chi connectivity index (χ0v) is 8.60. The summed E-state index contributed by atoms with van der Waals surface area (Å²) in [7, 11) is 0. The molecule has 1 aromatic rings. The molecule has 0 spiro atoms. The number of aliphatic hydroxyl groups is 2. The van der Waals surface area contributed by atoms with Crippen LogP contribution in [0.1, 0.15) is 18.1 Å². The van der Waals surface area contributed by atoms with Crippen LogP contribution in [0.5, 0.6) is 5.75 Å². The Morgan fingerprint density at radius 2 is 1.94 bits per heavy atom. The lowest BCUT2D eigenvalue weighted by Gasteiger charge is -2.17. The van der Waals surface area contributed by atoms with E-state index in [2.05, 4.69) is 0 Å². The Bertz CT molecular complexity index is 415. The number of amides is 1. The largest absolute Gasteiger partial charge is 0.505 e. The van der Waals surface area contributed by atoms with E-state index >= 15 is 0 Å². The number of nitrogens with two attached hydrogens (primary N) is 1. The van der Waals surface area contributed by atoms with Crippen molar-refractivity contribution in [1.29, 1.82) is 0 Å². The van der Waals surface area contributed by atoms with Crippen LogP contribution in [0.2, 0.25) is 0 Å². The Labute approximate surface area is 95.1 Å². The number of phenolic OH excluding ortho intramolecular Hbond substituents is 1. The molecule has 2 atom stereocenters. The Balaban J connectivity index is 2.96. The van der Waals surface area contributed by atoms with Gasteiger partial charge in [-0.15, -0.1) is 0 Å². The minimum absolute atomic E-state index is 0.254. The quantitative estimate of drug-likeness (QED) is 0.598. The number of carbonyl (C=O) groups is 1.